The Balaban J connectivity index is 1.60. The third-order valence-corrected chi connectivity index (χ3v) is 5.07. The summed E-state index contributed by atoms with van der Waals surface area (Å²) in [6.07, 6.45) is -0.726. The van der Waals surface area contributed by atoms with Crippen molar-refractivity contribution in [3.8, 4) is 0 Å². The summed E-state index contributed by atoms with van der Waals surface area (Å²) in [6, 6.07) is 8.79. The number of carbonyl (C=O) groups excluding carboxylic acids is 1. The summed E-state index contributed by atoms with van der Waals surface area (Å²) in [5.74, 6) is -0.788. The highest BCUT2D eigenvalue weighted by atomic mass is 19.3. The first-order valence-electron chi connectivity index (χ1n) is 9.03. The van der Waals surface area contributed by atoms with E-state index in [1.807, 2.05) is 30.3 Å². The van der Waals surface area contributed by atoms with Crippen molar-refractivity contribution in [1.29, 1.82) is 0 Å². The Labute approximate surface area is 163 Å². The van der Waals surface area contributed by atoms with Crippen LogP contribution >= 0.6 is 0 Å². The first-order chi connectivity index (χ1) is 14.0. The lowest BCUT2D eigenvalue weighted by Crippen LogP contribution is -2.41. The fourth-order valence-corrected chi connectivity index (χ4v) is 3.73. The van der Waals surface area contributed by atoms with Gasteiger partial charge in [0, 0.05) is 31.1 Å². The zero-order valence-corrected chi connectivity index (χ0v) is 15.3. The lowest BCUT2D eigenvalue weighted by molar-refractivity contribution is 0.0654. The molecule has 1 aliphatic heterocycles. The van der Waals surface area contributed by atoms with Gasteiger partial charge >= 0.3 is 0 Å². The number of halogens is 2. The zero-order valence-electron chi connectivity index (χ0n) is 15.3. The Morgan fingerprint density at radius 2 is 2.17 bits per heavy atom. The number of benzene rings is 1. The maximum absolute atomic E-state index is 13.3. The van der Waals surface area contributed by atoms with Gasteiger partial charge in [0.25, 0.3) is 12.3 Å². The molecule has 4 heterocycles. The first-order valence-corrected chi connectivity index (χ1v) is 9.03. The Hall–Kier alpha value is -3.56. The normalized spacial score (nSPS) is 16.6. The summed E-state index contributed by atoms with van der Waals surface area (Å²) in [4.78, 5) is 26.1. The van der Waals surface area contributed by atoms with Gasteiger partial charge in [0.15, 0.2) is 0 Å². The maximum Gasteiger partial charge on any atom is 0.299 e. The van der Waals surface area contributed by atoms with Crippen molar-refractivity contribution in [3.63, 3.8) is 0 Å². The number of aromatic nitrogens is 5. The van der Waals surface area contributed by atoms with Crippen molar-refractivity contribution in [2.45, 2.75) is 18.9 Å². The van der Waals surface area contributed by atoms with Crippen LogP contribution in [-0.4, -0.2) is 42.1 Å². The van der Waals surface area contributed by atoms with Crippen LogP contribution in [0.1, 0.15) is 46.1 Å². The standard InChI is InChI=1S/C19H16F2N6O2/c1-26-18(24-17(25-26)16(20)21)19(28)27-7-6-11-14(23-9-22-11)15(27)13-8-10-4-2-3-5-12(10)29-13/h2-5,8-9,15-16H,6-7H2,1H3,(H,22,23)/t15-/m1/s1. The third-order valence-electron chi connectivity index (χ3n) is 5.07. The van der Waals surface area contributed by atoms with E-state index in [1.165, 1.54) is 7.05 Å². The number of nitrogens with zero attached hydrogens (tertiary/aromatic N) is 5. The second kappa shape index (κ2) is 6.50. The number of carbonyl (C=O) groups is 1. The van der Waals surface area contributed by atoms with Crippen LogP contribution in [0.2, 0.25) is 0 Å². The third kappa shape index (κ3) is 2.79. The molecule has 0 fully saturated rings. The number of furan rings is 1. The van der Waals surface area contributed by atoms with Crippen LogP contribution in [0, 0.1) is 0 Å². The van der Waals surface area contributed by atoms with Gasteiger partial charge in [0.05, 0.1) is 12.0 Å². The molecule has 4 aromatic rings. The fourth-order valence-electron chi connectivity index (χ4n) is 3.73. The SMILES string of the molecule is Cn1nc(C(F)F)nc1C(=O)N1CCc2[nH]cnc2[C@H]1c1cc2ccccc2o1. The van der Waals surface area contributed by atoms with E-state index in [0.717, 1.165) is 15.8 Å². The minimum absolute atomic E-state index is 0.152. The van der Waals surface area contributed by atoms with Crippen LogP contribution in [0.15, 0.2) is 41.1 Å². The Morgan fingerprint density at radius 3 is 2.93 bits per heavy atom. The monoisotopic (exact) mass is 398 g/mol. The molecular formula is C19H16F2N6O2. The van der Waals surface area contributed by atoms with Gasteiger partial charge in [-0.05, 0) is 12.1 Å². The van der Waals surface area contributed by atoms with E-state index in [-0.39, 0.29) is 5.82 Å². The molecule has 0 bridgehead atoms. The number of rotatable bonds is 3. The van der Waals surface area contributed by atoms with Crippen molar-refractivity contribution in [2.24, 2.45) is 7.05 Å². The van der Waals surface area contributed by atoms with Crippen molar-refractivity contribution >= 4 is 16.9 Å². The van der Waals surface area contributed by atoms with E-state index in [0.29, 0.717) is 30.0 Å². The Morgan fingerprint density at radius 1 is 1.34 bits per heavy atom. The molecule has 0 saturated carbocycles. The van der Waals surface area contributed by atoms with E-state index in [2.05, 4.69) is 20.1 Å². The van der Waals surface area contributed by atoms with E-state index < -0.39 is 24.2 Å². The highest BCUT2D eigenvalue weighted by molar-refractivity contribution is 5.91. The highest BCUT2D eigenvalue weighted by Crippen LogP contribution is 2.37. The highest BCUT2D eigenvalue weighted by Gasteiger charge is 2.38. The molecule has 1 aliphatic rings. The second-order valence-electron chi connectivity index (χ2n) is 6.82. The minimum atomic E-state index is -2.85. The topological polar surface area (TPSA) is 92.8 Å². The molecule has 8 nitrogen and oxygen atoms in total. The molecule has 1 N–H and O–H groups in total. The molecule has 148 valence electrons. The van der Waals surface area contributed by atoms with Gasteiger partial charge in [0.1, 0.15) is 17.4 Å². The molecule has 1 atom stereocenters. The fraction of sp³-hybridized carbons (Fsp3) is 0.263. The average molecular weight is 398 g/mol. The molecule has 0 saturated heterocycles. The molecule has 0 spiro atoms. The summed E-state index contributed by atoms with van der Waals surface area (Å²) < 4.78 is 33.1. The van der Waals surface area contributed by atoms with Crippen LogP contribution < -0.4 is 0 Å². The van der Waals surface area contributed by atoms with Crippen molar-refractivity contribution in [3.05, 3.63) is 65.5 Å². The minimum Gasteiger partial charge on any atom is -0.458 e. The van der Waals surface area contributed by atoms with E-state index in [9.17, 15) is 13.6 Å². The lowest BCUT2D eigenvalue weighted by Gasteiger charge is -2.33. The number of alkyl halides is 2. The van der Waals surface area contributed by atoms with Gasteiger partial charge in [-0.1, -0.05) is 18.2 Å². The molecule has 29 heavy (non-hydrogen) atoms. The van der Waals surface area contributed by atoms with Crippen LogP contribution in [0.3, 0.4) is 0 Å². The van der Waals surface area contributed by atoms with Gasteiger partial charge in [-0.15, -0.1) is 5.10 Å². The number of hydrogen-bond donors (Lipinski definition) is 1. The Bertz CT molecular complexity index is 1180. The number of hydrogen-bond acceptors (Lipinski definition) is 5. The molecular weight excluding hydrogens is 382 g/mol. The van der Waals surface area contributed by atoms with E-state index in [1.54, 1.807) is 11.2 Å². The van der Waals surface area contributed by atoms with Crippen LogP contribution in [0.4, 0.5) is 8.78 Å². The largest absolute Gasteiger partial charge is 0.458 e. The van der Waals surface area contributed by atoms with Crippen LogP contribution in [-0.2, 0) is 13.5 Å². The quantitative estimate of drug-likeness (QED) is 0.573. The first kappa shape index (κ1) is 17.5. The number of H-pyrrole nitrogens is 1. The predicted octanol–water partition coefficient (Wildman–Crippen LogP) is 3.01. The number of aryl methyl sites for hydroxylation is 1. The molecule has 0 aliphatic carbocycles. The number of para-hydroxylation sites is 1. The van der Waals surface area contributed by atoms with Crippen molar-refractivity contribution < 1.29 is 18.0 Å². The lowest BCUT2D eigenvalue weighted by atomic mass is 10.00. The number of nitrogens with one attached hydrogen (secondary N) is 1. The molecule has 1 amide bonds. The van der Waals surface area contributed by atoms with E-state index in [4.69, 9.17) is 4.42 Å². The van der Waals surface area contributed by atoms with Gasteiger partial charge in [-0.2, -0.15) is 0 Å². The number of imidazole rings is 1. The molecule has 10 heteroatoms. The average Bonchev–Trinajstić information content (AvgIpc) is 3.43. The van der Waals surface area contributed by atoms with Crippen LogP contribution in [0.5, 0.6) is 0 Å². The molecule has 1 aromatic carbocycles. The number of fused-ring (bicyclic) bond motifs is 2. The summed E-state index contributed by atoms with van der Waals surface area (Å²) in [5.41, 5.74) is 2.27. The van der Waals surface area contributed by atoms with E-state index >= 15 is 0 Å². The molecule has 5 rings (SSSR count). The summed E-state index contributed by atoms with van der Waals surface area (Å²) >= 11 is 0. The molecule has 3 aromatic heterocycles. The Kier molecular flexibility index (Phi) is 3.93. The summed E-state index contributed by atoms with van der Waals surface area (Å²) in [7, 11) is 1.42. The van der Waals surface area contributed by atoms with Crippen molar-refractivity contribution in [2.75, 3.05) is 6.54 Å². The number of aromatic amines is 1. The van der Waals surface area contributed by atoms with Gasteiger partial charge in [-0.3, -0.25) is 4.79 Å². The number of amides is 1. The summed E-state index contributed by atoms with van der Waals surface area (Å²) in [6.45, 7) is 0.354. The second-order valence-corrected chi connectivity index (χ2v) is 6.82. The summed E-state index contributed by atoms with van der Waals surface area (Å²) in [5, 5.41) is 4.55. The van der Waals surface area contributed by atoms with Crippen LogP contribution in [0.25, 0.3) is 11.0 Å². The molecule has 0 radical (unpaired) electrons. The van der Waals surface area contributed by atoms with Gasteiger partial charge < -0.3 is 14.3 Å². The van der Waals surface area contributed by atoms with Crippen molar-refractivity contribution in [1.82, 2.24) is 29.6 Å². The van der Waals surface area contributed by atoms with Gasteiger partial charge in [-0.25, -0.2) is 23.4 Å². The zero-order chi connectivity index (χ0) is 20.1. The predicted molar refractivity (Wildman–Crippen MR) is 97.3 cm³/mol. The smallest absolute Gasteiger partial charge is 0.299 e. The molecule has 0 unspecified atom stereocenters. The van der Waals surface area contributed by atoms with Gasteiger partial charge in [0.2, 0.25) is 11.6 Å². The maximum atomic E-state index is 13.3.